The molecule has 2 atom stereocenters. The lowest BCUT2D eigenvalue weighted by atomic mass is 10.4. The van der Waals surface area contributed by atoms with E-state index in [0.717, 1.165) is 0 Å². The molecule has 1 fully saturated rings. The first-order chi connectivity index (χ1) is 3.64. The van der Waals surface area contributed by atoms with Crippen LogP contribution < -0.4 is 11.5 Å². The average Bonchev–Trinajstić information content (AvgIpc) is 2.15. The van der Waals surface area contributed by atoms with E-state index in [4.69, 9.17) is 11.5 Å². The van der Waals surface area contributed by atoms with E-state index in [2.05, 4.69) is 0 Å². The number of alkyl halides is 2. The lowest BCUT2D eigenvalue weighted by Gasteiger charge is -1.89. The molecule has 0 bridgehead atoms. The Hall–Kier alpha value is -0.220. The van der Waals surface area contributed by atoms with Crippen LogP contribution in [0.2, 0.25) is 0 Å². The Labute approximate surface area is 45.8 Å². The third-order valence-corrected chi connectivity index (χ3v) is 1.48. The van der Waals surface area contributed by atoms with Gasteiger partial charge in [-0.05, 0) is 0 Å². The molecule has 0 spiro atoms. The third kappa shape index (κ3) is 0.695. The predicted molar refractivity (Wildman–Crippen MR) is 25.4 cm³/mol. The summed E-state index contributed by atoms with van der Waals surface area (Å²) in [5, 5.41) is 0. The van der Waals surface area contributed by atoms with E-state index in [9.17, 15) is 8.78 Å². The number of hydrogen-bond acceptors (Lipinski definition) is 2. The summed E-state index contributed by atoms with van der Waals surface area (Å²) in [6.07, 6.45) is -2.33. The van der Waals surface area contributed by atoms with Gasteiger partial charge in [0.1, 0.15) is 0 Å². The summed E-state index contributed by atoms with van der Waals surface area (Å²) < 4.78 is 23.1. The van der Waals surface area contributed by atoms with Crippen molar-refractivity contribution in [2.75, 3.05) is 0 Å². The molecule has 0 aliphatic heterocycles. The number of hydrogen-bond donors (Lipinski definition) is 2. The van der Waals surface area contributed by atoms with Crippen molar-refractivity contribution in [1.29, 1.82) is 0 Å². The number of halogens is 2. The molecule has 1 aliphatic carbocycles. The lowest BCUT2D eigenvalue weighted by Crippen LogP contribution is -2.12. The van der Waals surface area contributed by atoms with Gasteiger partial charge in [0.05, 0.1) is 5.92 Å². The van der Waals surface area contributed by atoms with Gasteiger partial charge < -0.3 is 11.5 Å². The van der Waals surface area contributed by atoms with Crippen molar-refractivity contribution in [1.82, 2.24) is 0 Å². The molecule has 0 aromatic heterocycles. The molecule has 0 aromatic carbocycles. The fraction of sp³-hybridized carbons (Fsp3) is 1.00. The maximum Gasteiger partial charge on any atom is 0.244 e. The largest absolute Gasteiger partial charge is 0.326 e. The fourth-order valence-electron chi connectivity index (χ4n) is 0.721. The van der Waals surface area contributed by atoms with Crippen LogP contribution in [0.1, 0.15) is 0 Å². The molecule has 4 heteroatoms. The zero-order valence-electron chi connectivity index (χ0n) is 4.22. The van der Waals surface area contributed by atoms with E-state index < -0.39 is 24.4 Å². The molecule has 1 saturated carbocycles. The summed E-state index contributed by atoms with van der Waals surface area (Å²) in [5.74, 6) is -0.741. The van der Waals surface area contributed by atoms with Crippen LogP contribution in [0.4, 0.5) is 8.78 Å². The van der Waals surface area contributed by atoms with E-state index in [1.165, 1.54) is 0 Å². The molecule has 4 N–H and O–H groups in total. The van der Waals surface area contributed by atoms with Crippen molar-refractivity contribution >= 4 is 0 Å². The van der Waals surface area contributed by atoms with Gasteiger partial charge in [0.25, 0.3) is 0 Å². The zero-order valence-corrected chi connectivity index (χ0v) is 4.22. The molecule has 2 nitrogen and oxygen atoms in total. The van der Waals surface area contributed by atoms with Crippen molar-refractivity contribution in [3.63, 3.8) is 0 Å². The summed E-state index contributed by atoms with van der Waals surface area (Å²) >= 11 is 0. The van der Waals surface area contributed by atoms with Gasteiger partial charge in [0.15, 0.2) is 0 Å². The Kier molecular flexibility index (Phi) is 1.21. The van der Waals surface area contributed by atoms with Gasteiger partial charge in [-0.3, -0.25) is 0 Å². The molecule has 0 heterocycles. The van der Waals surface area contributed by atoms with Gasteiger partial charge in [-0.1, -0.05) is 0 Å². The topological polar surface area (TPSA) is 52.0 Å². The number of nitrogens with two attached hydrogens (primary N) is 2. The second-order valence-electron chi connectivity index (χ2n) is 2.07. The Bertz CT molecular complexity index is 81.3. The van der Waals surface area contributed by atoms with Crippen molar-refractivity contribution in [3.05, 3.63) is 0 Å². The molecule has 0 aromatic rings. The van der Waals surface area contributed by atoms with Gasteiger partial charge in [0.2, 0.25) is 6.43 Å². The minimum absolute atomic E-state index is 0.463. The van der Waals surface area contributed by atoms with Crippen molar-refractivity contribution in [2.24, 2.45) is 17.4 Å². The third-order valence-electron chi connectivity index (χ3n) is 1.48. The SMILES string of the molecule is N[C@@H]1C(C(F)F)[C@H]1N. The standard InChI is InChI=1S/C4H8F2N2/c5-4(6)1-2(7)3(1)8/h1-4H,7-8H2/t2-,3-/m1/s1. The van der Waals surface area contributed by atoms with E-state index in [-0.39, 0.29) is 0 Å². The highest BCUT2D eigenvalue weighted by Gasteiger charge is 2.50. The van der Waals surface area contributed by atoms with Crippen LogP contribution in [-0.4, -0.2) is 18.5 Å². The minimum Gasteiger partial charge on any atom is -0.326 e. The number of rotatable bonds is 1. The van der Waals surface area contributed by atoms with Gasteiger partial charge in [-0.2, -0.15) is 0 Å². The second kappa shape index (κ2) is 1.63. The van der Waals surface area contributed by atoms with Gasteiger partial charge in [-0.15, -0.1) is 0 Å². The first-order valence-corrected chi connectivity index (χ1v) is 2.44. The molecule has 1 aliphatic rings. The Morgan fingerprint density at radius 1 is 1.12 bits per heavy atom. The normalized spacial score (nSPS) is 45.4. The second-order valence-corrected chi connectivity index (χ2v) is 2.07. The first-order valence-electron chi connectivity index (χ1n) is 2.44. The summed E-state index contributed by atoms with van der Waals surface area (Å²) in [4.78, 5) is 0. The van der Waals surface area contributed by atoms with Crippen LogP contribution in [0, 0.1) is 5.92 Å². The molecule has 0 radical (unpaired) electrons. The van der Waals surface area contributed by atoms with Crippen molar-refractivity contribution in [2.45, 2.75) is 18.5 Å². The van der Waals surface area contributed by atoms with E-state index in [1.807, 2.05) is 0 Å². The van der Waals surface area contributed by atoms with Crippen molar-refractivity contribution < 1.29 is 8.78 Å². The maximum absolute atomic E-state index is 11.6. The van der Waals surface area contributed by atoms with E-state index in [1.54, 1.807) is 0 Å². The van der Waals surface area contributed by atoms with Crippen LogP contribution in [0.5, 0.6) is 0 Å². The molecule has 8 heavy (non-hydrogen) atoms. The Balaban J connectivity index is 2.33. The summed E-state index contributed by atoms with van der Waals surface area (Å²) in [6.45, 7) is 0. The molecule has 0 amide bonds. The van der Waals surface area contributed by atoms with Crippen LogP contribution in [0.3, 0.4) is 0 Å². The highest BCUT2D eigenvalue weighted by molar-refractivity contribution is 5.06. The fourth-order valence-corrected chi connectivity index (χ4v) is 0.721. The summed E-state index contributed by atoms with van der Waals surface area (Å²) in [5.41, 5.74) is 10.2. The molecular weight excluding hydrogens is 114 g/mol. The van der Waals surface area contributed by atoms with E-state index >= 15 is 0 Å². The quantitative estimate of drug-likeness (QED) is 0.494. The molecule has 0 saturated heterocycles. The zero-order chi connectivity index (χ0) is 6.31. The highest BCUT2D eigenvalue weighted by Crippen LogP contribution is 2.32. The molecular formula is C4H8F2N2. The van der Waals surface area contributed by atoms with E-state index in [0.29, 0.717) is 0 Å². The average molecular weight is 122 g/mol. The maximum atomic E-state index is 11.6. The van der Waals surface area contributed by atoms with Gasteiger partial charge in [0, 0.05) is 12.1 Å². The molecule has 1 rings (SSSR count). The van der Waals surface area contributed by atoms with Crippen LogP contribution >= 0.6 is 0 Å². The van der Waals surface area contributed by atoms with Gasteiger partial charge >= 0.3 is 0 Å². The first kappa shape index (κ1) is 5.91. The highest BCUT2D eigenvalue weighted by atomic mass is 19.3. The van der Waals surface area contributed by atoms with Crippen LogP contribution in [-0.2, 0) is 0 Å². The molecule has 0 unspecified atom stereocenters. The lowest BCUT2D eigenvalue weighted by molar-refractivity contribution is 0.118. The van der Waals surface area contributed by atoms with Crippen LogP contribution in [0.15, 0.2) is 0 Å². The Morgan fingerprint density at radius 3 is 1.50 bits per heavy atom. The molecule has 48 valence electrons. The monoisotopic (exact) mass is 122 g/mol. The van der Waals surface area contributed by atoms with Crippen molar-refractivity contribution in [3.8, 4) is 0 Å². The summed E-state index contributed by atoms with van der Waals surface area (Å²) in [7, 11) is 0. The smallest absolute Gasteiger partial charge is 0.244 e. The van der Waals surface area contributed by atoms with Crippen LogP contribution in [0.25, 0.3) is 0 Å². The minimum atomic E-state index is -2.33. The van der Waals surface area contributed by atoms with Gasteiger partial charge in [-0.25, -0.2) is 8.78 Å². The Morgan fingerprint density at radius 2 is 1.50 bits per heavy atom. The summed E-state index contributed by atoms with van der Waals surface area (Å²) in [6, 6.07) is -0.926. The predicted octanol–water partition coefficient (Wildman–Crippen LogP) is -0.464.